The van der Waals surface area contributed by atoms with Crippen LogP contribution >= 0.6 is 0 Å². The lowest BCUT2D eigenvalue weighted by atomic mass is 10.1. The normalized spacial score (nSPS) is 16.5. The zero-order valence-electron chi connectivity index (χ0n) is 17.8. The van der Waals surface area contributed by atoms with Gasteiger partial charge in [0.05, 0.1) is 16.2 Å². The highest BCUT2D eigenvalue weighted by molar-refractivity contribution is 7.90. The number of nitrogens with zero attached hydrogens (tertiary/aromatic N) is 4. The van der Waals surface area contributed by atoms with Crippen molar-refractivity contribution >= 4 is 15.5 Å². The van der Waals surface area contributed by atoms with E-state index in [0.717, 1.165) is 38.0 Å². The summed E-state index contributed by atoms with van der Waals surface area (Å²) < 4.78 is 29.3. The fourth-order valence-corrected chi connectivity index (χ4v) is 3.87. The summed E-state index contributed by atoms with van der Waals surface area (Å²) in [4.78, 5) is 16.6. The first kappa shape index (κ1) is 22.2. The maximum Gasteiger partial charge on any atom is 0.258 e. The summed E-state index contributed by atoms with van der Waals surface area (Å²) in [5, 5.41) is 4.14. The molecule has 8 nitrogen and oxygen atoms in total. The van der Waals surface area contributed by atoms with Crippen molar-refractivity contribution in [1.29, 1.82) is 0 Å². The molecule has 0 N–H and O–H groups in total. The standard InChI is InChI=1S/C21H28N4O4S/c1-5-25-12-10-18(11-13-25)28-20-15(2)21(23-14-22-20)29-24-16(3)17-6-8-19(9-7-17)30(4,26)27/h6-9,14,18H,5,10-13H2,1-4H3. The number of oxime groups is 1. The Bertz CT molecular complexity index is 998. The Balaban J connectivity index is 1.67. The van der Waals surface area contributed by atoms with Crippen LogP contribution in [0.2, 0.25) is 0 Å². The zero-order chi connectivity index (χ0) is 21.7. The van der Waals surface area contributed by atoms with Gasteiger partial charge in [0.15, 0.2) is 9.84 Å². The smallest absolute Gasteiger partial charge is 0.258 e. The predicted molar refractivity (Wildman–Crippen MR) is 115 cm³/mol. The molecule has 30 heavy (non-hydrogen) atoms. The third-order valence-corrected chi connectivity index (χ3v) is 6.35. The molecular formula is C21H28N4O4S. The second-order valence-electron chi connectivity index (χ2n) is 7.42. The molecule has 1 aromatic heterocycles. The van der Waals surface area contributed by atoms with Gasteiger partial charge in [-0.1, -0.05) is 24.2 Å². The topological polar surface area (TPSA) is 94.0 Å². The van der Waals surface area contributed by atoms with Crippen LogP contribution in [0.15, 0.2) is 40.6 Å². The third-order valence-electron chi connectivity index (χ3n) is 5.22. The first-order valence-corrected chi connectivity index (χ1v) is 11.9. The van der Waals surface area contributed by atoms with Gasteiger partial charge in [0.2, 0.25) is 5.88 Å². The van der Waals surface area contributed by atoms with Crippen molar-refractivity contribution in [1.82, 2.24) is 14.9 Å². The Morgan fingerprint density at radius 1 is 1.17 bits per heavy atom. The quantitative estimate of drug-likeness (QED) is 0.490. The summed E-state index contributed by atoms with van der Waals surface area (Å²) in [5.41, 5.74) is 2.05. The molecule has 2 heterocycles. The van der Waals surface area contributed by atoms with Gasteiger partial charge in [-0.25, -0.2) is 13.4 Å². The number of aromatic nitrogens is 2. The summed E-state index contributed by atoms with van der Waals surface area (Å²) in [6.07, 6.45) is 4.65. The second-order valence-corrected chi connectivity index (χ2v) is 9.44. The lowest BCUT2D eigenvalue weighted by molar-refractivity contribution is 0.0985. The third kappa shape index (κ3) is 5.54. The molecule has 1 aliphatic rings. The number of benzene rings is 1. The average molecular weight is 433 g/mol. The van der Waals surface area contributed by atoms with Gasteiger partial charge in [-0.15, -0.1) is 0 Å². The van der Waals surface area contributed by atoms with Crippen LogP contribution in [0.5, 0.6) is 11.8 Å². The van der Waals surface area contributed by atoms with Gasteiger partial charge in [-0.3, -0.25) is 0 Å². The minimum Gasteiger partial charge on any atom is -0.474 e. The maximum absolute atomic E-state index is 11.6. The summed E-state index contributed by atoms with van der Waals surface area (Å²) in [5.74, 6) is 0.846. The number of sulfone groups is 1. The summed E-state index contributed by atoms with van der Waals surface area (Å²) in [7, 11) is -3.23. The van der Waals surface area contributed by atoms with E-state index in [1.807, 2.05) is 6.92 Å². The molecule has 0 amide bonds. The lowest BCUT2D eigenvalue weighted by Crippen LogP contribution is -2.38. The van der Waals surface area contributed by atoms with E-state index in [4.69, 9.17) is 9.57 Å². The molecule has 0 bridgehead atoms. The van der Waals surface area contributed by atoms with Crippen molar-refractivity contribution in [2.24, 2.45) is 5.16 Å². The maximum atomic E-state index is 11.6. The van der Waals surface area contributed by atoms with E-state index in [9.17, 15) is 8.42 Å². The molecule has 1 fully saturated rings. The molecule has 1 saturated heterocycles. The summed E-state index contributed by atoms with van der Waals surface area (Å²) >= 11 is 0. The van der Waals surface area contributed by atoms with Gasteiger partial charge in [0.1, 0.15) is 12.4 Å². The van der Waals surface area contributed by atoms with Crippen LogP contribution in [0.3, 0.4) is 0 Å². The van der Waals surface area contributed by atoms with Crippen molar-refractivity contribution in [2.45, 2.75) is 44.6 Å². The highest BCUT2D eigenvalue weighted by atomic mass is 32.2. The molecule has 1 aliphatic heterocycles. The summed E-state index contributed by atoms with van der Waals surface area (Å²) in [6.45, 7) is 8.91. The van der Waals surface area contributed by atoms with Crippen LogP contribution in [0.4, 0.5) is 0 Å². The van der Waals surface area contributed by atoms with Crippen molar-refractivity contribution in [3.63, 3.8) is 0 Å². The minimum absolute atomic E-state index is 0.132. The van der Waals surface area contributed by atoms with Crippen LogP contribution in [0.1, 0.15) is 37.8 Å². The van der Waals surface area contributed by atoms with E-state index < -0.39 is 9.84 Å². The number of ether oxygens (including phenoxy) is 1. The van der Waals surface area contributed by atoms with Gasteiger partial charge < -0.3 is 14.5 Å². The number of hydrogen-bond donors (Lipinski definition) is 0. The Labute approximate surface area is 177 Å². The number of hydrogen-bond acceptors (Lipinski definition) is 8. The first-order chi connectivity index (χ1) is 14.3. The van der Waals surface area contributed by atoms with Crippen LogP contribution in [0.25, 0.3) is 0 Å². The van der Waals surface area contributed by atoms with E-state index in [2.05, 4.69) is 26.9 Å². The SMILES string of the molecule is CCN1CCC(Oc2ncnc(ON=C(C)c3ccc(S(C)(=O)=O)cc3)c2C)CC1. The van der Waals surface area contributed by atoms with E-state index in [1.54, 1.807) is 31.2 Å². The van der Waals surface area contributed by atoms with E-state index >= 15 is 0 Å². The molecule has 0 atom stereocenters. The van der Waals surface area contributed by atoms with Crippen LogP contribution in [0, 0.1) is 6.92 Å². The Kier molecular flexibility index (Phi) is 7.04. The van der Waals surface area contributed by atoms with Crippen molar-refractivity contribution in [2.75, 3.05) is 25.9 Å². The Morgan fingerprint density at radius 3 is 2.40 bits per heavy atom. The highest BCUT2D eigenvalue weighted by Crippen LogP contribution is 2.26. The molecule has 0 radical (unpaired) electrons. The molecule has 0 saturated carbocycles. The zero-order valence-corrected chi connectivity index (χ0v) is 18.6. The average Bonchev–Trinajstić information content (AvgIpc) is 2.74. The summed E-state index contributed by atoms with van der Waals surface area (Å²) in [6, 6.07) is 6.50. The predicted octanol–water partition coefficient (Wildman–Crippen LogP) is 2.85. The second kappa shape index (κ2) is 9.53. The molecule has 0 unspecified atom stereocenters. The molecular weight excluding hydrogens is 404 g/mol. The fraction of sp³-hybridized carbons (Fsp3) is 0.476. The number of piperidine rings is 1. The Hall–Kier alpha value is -2.52. The largest absolute Gasteiger partial charge is 0.474 e. The van der Waals surface area contributed by atoms with Gasteiger partial charge in [-0.05, 0) is 50.9 Å². The molecule has 1 aromatic carbocycles. The number of rotatable bonds is 7. The monoisotopic (exact) mass is 432 g/mol. The molecule has 162 valence electrons. The van der Waals surface area contributed by atoms with Crippen LogP contribution in [-0.2, 0) is 9.84 Å². The number of likely N-dealkylation sites (tertiary alicyclic amines) is 1. The van der Waals surface area contributed by atoms with E-state index in [0.29, 0.717) is 23.0 Å². The van der Waals surface area contributed by atoms with Crippen LogP contribution in [-0.4, -0.2) is 61.0 Å². The van der Waals surface area contributed by atoms with Gasteiger partial charge in [0, 0.05) is 19.3 Å². The van der Waals surface area contributed by atoms with Gasteiger partial charge in [-0.2, -0.15) is 4.98 Å². The molecule has 0 spiro atoms. The van der Waals surface area contributed by atoms with Crippen molar-refractivity contribution < 1.29 is 18.0 Å². The minimum atomic E-state index is -3.23. The highest BCUT2D eigenvalue weighted by Gasteiger charge is 2.21. The van der Waals surface area contributed by atoms with E-state index in [-0.39, 0.29) is 11.0 Å². The molecule has 9 heteroatoms. The van der Waals surface area contributed by atoms with Gasteiger partial charge >= 0.3 is 0 Å². The molecule has 0 aliphatic carbocycles. The molecule has 2 aromatic rings. The Morgan fingerprint density at radius 2 is 1.80 bits per heavy atom. The lowest BCUT2D eigenvalue weighted by Gasteiger charge is -2.31. The van der Waals surface area contributed by atoms with E-state index in [1.165, 1.54) is 12.6 Å². The first-order valence-electron chi connectivity index (χ1n) is 10.0. The van der Waals surface area contributed by atoms with Crippen molar-refractivity contribution in [3.05, 3.63) is 41.7 Å². The fourth-order valence-electron chi connectivity index (χ4n) is 3.24. The van der Waals surface area contributed by atoms with Crippen LogP contribution < -0.4 is 9.57 Å². The van der Waals surface area contributed by atoms with Gasteiger partial charge in [0.25, 0.3) is 5.88 Å². The molecule has 3 rings (SSSR count). The van der Waals surface area contributed by atoms with Crippen molar-refractivity contribution in [3.8, 4) is 11.8 Å².